The smallest absolute Gasteiger partial charge is 0.352 e. The van der Waals surface area contributed by atoms with Gasteiger partial charge < -0.3 is 10.1 Å². The summed E-state index contributed by atoms with van der Waals surface area (Å²) in [6.45, 7) is 7.30. The summed E-state index contributed by atoms with van der Waals surface area (Å²) in [5.41, 5.74) is 1.90. The van der Waals surface area contributed by atoms with Crippen LogP contribution in [0.3, 0.4) is 0 Å². The van der Waals surface area contributed by atoms with E-state index in [9.17, 15) is 9.18 Å². The molecular formula is C22H27FN5O2+. The maximum Gasteiger partial charge on any atom is 0.352 e. The van der Waals surface area contributed by atoms with Gasteiger partial charge in [-0.15, -0.1) is 0 Å². The number of nitrogens with zero attached hydrogens (tertiary/aromatic N) is 4. The molecule has 1 aromatic carbocycles. The summed E-state index contributed by atoms with van der Waals surface area (Å²) in [5.74, 6) is 0.703. The van der Waals surface area contributed by atoms with Crippen molar-refractivity contribution >= 4 is 22.5 Å². The van der Waals surface area contributed by atoms with Crippen LogP contribution in [0.5, 0.6) is 5.75 Å². The lowest BCUT2D eigenvalue weighted by Gasteiger charge is -2.33. The Labute approximate surface area is 175 Å². The second-order valence-electron chi connectivity index (χ2n) is 7.99. The largest absolute Gasteiger partial charge is 0.497 e. The van der Waals surface area contributed by atoms with Crippen molar-refractivity contribution in [2.24, 2.45) is 0 Å². The van der Waals surface area contributed by atoms with Gasteiger partial charge in [0.05, 0.1) is 44.0 Å². The number of halogens is 1. The quantitative estimate of drug-likeness (QED) is 0.818. The average molecular weight is 412 g/mol. The summed E-state index contributed by atoms with van der Waals surface area (Å²) in [6, 6.07) is 8.22. The first-order valence-corrected chi connectivity index (χ1v) is 10.3. The number of aromatic nitrogens is 1. The number of carbonyl (C=O) groups is 1. The Morgan fingerprint density at radius 3 is 2.90 bits per heavy atom. The summed E-state index contributed by atoms with van der Waals surface area (Å²) in [4.78, 5) is 24.3. The van der Waals surface area contributed by atoms with Crippen LogP contribution in [0.4, 0.5) is 10.1 Å². The summed E-state index contributed by atoms with van der Waals surface area (Å²) in [6.07, 6.45) is 2.30. The van der Waals surface area contributed by atoms with Crippen molar-refractivity contribution in [1.82, 2.24) is 14.8 Å². The molecular weight excluding hydrogens is 385 g/mol. The van der Waals surface area contributed by atoms with Gasteiger partial charge >= 0.3 is 6.17 Å². The van der Waals surface area contributed by atoms with Gasteiger partial charge in [0.1, 0.15) is 11.9 Å². The van der Waals surface area contributed by atoms with E-state index in [1.54, 1.807) is 7.11 Å². The zero-order valence-corrected chi connectivity index (χ0v) is 17.1. The second-order valence-corrected chi connectivity index (χ2v) is 7.99. The number of fused-ring (bicyclic) bond motifs is 1. The minimum Gasteiger partial charge on any atom is -0.497 e. The van der Waals surface area contributed by atoms with E-state index in [0.717, 1.165) is 48.3 Å². The van der Waals surface area contributed by atoms with Crippen molar-refractivity contribution in [1.29, 1.82) is 0 Å². The van der Waals surface area contributed by atoms with Crippen molar-refractivity contribution in [3.8, 4) is 12.3 Å². The SMILES string of the molecule is C#[N+][C@@H]1C[C@H](F)CN1C(=O)CN1CCC(Nc2cnc3ccc(OC)cc3c2)CC1. The number of rotatable bonds is 5. The number of benzene rings is 1. The van der Waals surface area contributed by atoms with Gasteiger partial charge in [0.15, 0.2) is 0 Å². The van der Waals surface area contributed by atoms with Crippen molar-refractivity contribution in [2.75, 3.05) is 38.6 Å². The molecule has 0 unspecified atom stereocenters. The van der Waals surface area contributed by atoms with Crippen molar-refractivity contribution in [3.63, 3.8) is 0 Å². The normalized spacial score (nSPS) is 22.8. The second kappa shape index (κ2) is 8.84. The molecule has 2 fully saturated rings. The number of pyridine rings is 1. The number of hydrogen-bond donors (Lipinski definition) is 1. The van der Waals surface area contributed by atoms with Crippen molar-refractivity contribution < 1.29 is 13.9 Å². The van der Waals surface area contributed by atoms with E-state index in [1.807, 2.05) is 24.4 Å². The van der Waals surface area contributed by atoms with Crippen LogP contribution in [-0.2, 0) is 4.79 Å². The highest BCUT2D eigenvalue weighted by atomic mass is 19.1. The third-order valence-corrected chi connectivity index (χ3v) is 5.92. The van der Waals surface area contributed by atoms with Crippen LogP contribution in [0.25, 0.3) is 15.7 Å². The Morgan fingerprint density at radius 2 is 2.17 bits per heavy atom. The number of hydrogen-bond acceptors (Lipinski definition) is 5. The minimum absolute atomic E-state index is 0.0853. The van der Waals surface area contributed by atoms with E-state index in [-0.39, 0.29) is 25.4 Å². The van der Waals surface area contributed by atoms with Gasteiger partial charge in [0.25, 0.3) is 6.57 Å². The standard InChI is InChI=1S/C22H27FN5O2/c1-24-21-11-16(23)13-28(21)22(29)14-27-7-5-17(6-8-27)26-18-9-15-10-19(30-2)3-4-20(15)25-12-18/h1,3-4,9-10,12,16-17,21,26H,5-8,11,13-14H2,2H3/q+1/t16-,21-/m0/s1. The molecule has 7 nitrogen and oxygen atoms in total. The number of nitrogens with one attached hydrogen (secondary N) is 1. The molecule has 2 aromatic rings. The third-order valence-electron chi connectivity index (χ3n) is 5.92. The van der Waals surface area contributed by atoms with Gasteiger partial charge in [-0.2, -0.15) is 0 Å². The van der Waals surface area contributed by atoms with Gasteiger partial charge in [-0.3, -0.25) is 19.6 Å². The molecule has 30 heavy (non-hydrogen) atoms. The topological polar surface area (TPSA) is 62.1 Å². The molecule has 2 atom stereocenters. The molecule has 1 aromatic heterocycles. The minimum atomic E-state index is -1.04. The highest BCUT2D eigenvalue weighted by Crippen LogP contribution is 2.25. The zero-order chi connectivity index (χ0) is 21.1. The van der Waals surface area contributed by atoms with E-state index >= 15 is 0 Å². The maximum atomic E-state index is 13.6. The molecule has 158 valence electrons. The van der Waals surface area contributed by atoms with Crippen LogP contribution in [0.1, 0.15) is 19.3 Å². The van der Waals surface area contributed by atoms with E-state index in [1.165, 1.54) is 4.90 Å². The first kappa shape index (κ1) is 20.4. The van der Waals surface area contributed by atoms with E-state index in [4.69, 9.17) is 11.3 Å². The van der Waals surface area contributed by atoms with Gasteiger partial charge in [-0.05, 0) is 37.1 Å². The van der Waals surface area contributed by atoms with Gasteiger partial charge in [-0.25, -0.2) is 4.39 Å². The first-order chi connectivity index (χ1) is 14.6. The molecule has 0 bridgehead atoms. The fourth-order valence-corrected chi connectivity index (χ4v) is 4.24. The number of likely N-dealkylation sites (tertiary alicyclic amines) is 2. The van der Waals surface area contributed by atoms with Gasteiger partial charge in [0, 0.05) is 24.5 Å². The average Bonchev–Trinajstić information content (AvgIpc) is 3.15. The molecule has 8 heteroatoms. The summed E-state index contributed by atoms with van der Waals surface area (Å²) >= 11 is 0. The molecule has 1 amide bonds. The summed E-state index contributed by atoms with van der Waals surface area (Å²) in [5, 5.41) is 4.58. The van der Waals surface area contributed by atoms with Crippen LogP contribution in [0, 0.1) is 6.57 Å². The Kier molecular flexibility index (Phi) is 6.00. The van der Waals surface area contributed by atoms with Crippen LogP contribution < -0.4 is 10.1 Å². The Bertz CT molecular complexity index is 954. The summed E-state index contributed by atoms with van der Waals surface area (Å²) in [7, 11) is 1.65. The molecule has 2 aliphatic heterocycles. The molecule has 0 saturated carbocycles. The number of anilines is 1. The Balaban J connectivity index is 1.30. The monoisotopic (exact) mass is 412 g/mol. The predicted octanol–water partition coefficient (Wildman–Crippen LogP) is 2.98. The van der Waals surface area contributed by atoms with Crippen LogP contribution in [0.2, 0.25) is 0 Å². The van der Waals surface area contributed by atoms with Crippen LogP contribution >= 0.6 is 0 Å². The fourth-order valence-electron chi connectivity index (χ4n) is 4.24. The molecule has 2 saturated heterocycles. The molecule has 0 aliphatic carbocycles. The highest BCUT2D eigenvalue weighted by Gasteiger charge is 2.42. The van der Waals surface area contributed by atoms with E-state index in [2.05, 4.69) is 26.1 Å². The molecule has 4 rings (SSSR count). The fraction of sp³-hybridized carbons (Fsp3) is 0.500. The third kappa shape index (κ3) is 4.46. The molecule has 2 aliphatic rings. The van der Waals surface area contributed by atoms with Gasteiger partial charge in [0.2, 0.25) is 5.91 Å². The molecule has 0 radical (unpaired) electrons. The van der Waals surface area contributed by atoms with Gasteiger partial charge in [-0.1, -0.05) is 4.85 Å². The number of ether oxygens (including phenoxy) is 1. The predicted molar refractivity (Wildman–Crippen MR) is 115 cm³/mol. The van der Waals surface area contributed by atoms with Crippen molar-refractivity contribution in [3.05, 3.63) is 35.3 Å². The number of methoxy groups -OCH3 is 1. The molecule has 1 N–H and O–H groups in total. The highest BCUT2D eigenvalue weighted by molar-refractivity contribution is 5.83. The maximum absolute atomic E-state index is 13.6. The van der Waals surface area contributed by atoms with E-state index in [0.29, 0.717) is 6.04 Å². The Hall–Kier alpha value is -2.92. The molecule has 3 heterocycles. The number of alkyl halides is 1. The number of piperidine rings is 1. The van der Waals surface area contributed by atoms with Crippen LogP contribution in [0.15, 0.2) is 30.5 Å². The lowest BCUT2D eigenvalue weighted by atomic mass is 10.0. The number of amides is 1. The number of carbonyl (C=O) groups excluding carboxylic acids is 1. The Morgan fingerprint density at radius 1 is 1.37 bits per heavy atom. The van der Waals surface area contributed by atoms with Crippen molar-refractivity contribution in [2.45, 2.75) is 37.6 Å². The lowest BCUT2D eigenvalue weighted by molar-refractivity contribution is -0.133. The van der Waals surface area contributed by atoms with Crippen LogP contribution in [-0.4, -0.2) is 72.4 Å². The molecule has 0 spiro atoms. The lowest BCUT2D eigenvalue weighted by Crippen LogP contribution is -2.46. The first-order valence-electron chi connectivity index (χ1n) is 10.3. The zero-order valence-electron chi connectivity index (χ0n) is 17.1. The van der Waals surface area contributed by atoms with E-state index < -0.39 is 12.3 Å². The summed E-state index contributed by atoms with van der Waals surface area (Å²) < 4.78 is 18.9.